The van der Waals surface area contributed by atoms with Gasteiger partial charge in [-0.05, 0) is 61.5 Å². The number of hydrogen-bond acceptors (Lipinski definition) is 4. The van der Waals surface area contributed by atoms with E-state index in [0.29, 0.717) is 12.3 Å². The Bertz CT molecular complexity index is 867. The minimum absolute atomic E-state index is 0.0142. The zero-order valence-corrected chi connectivity index (χ0v) is 14.0. The fourth-order valence-electron chi connectivity index (χ4n) is 2.50. The van der Waals surface area contributed by atoms with Crippen molar-refractivity contribution in [2.45, 2.75) is 6.92 Å². The summed E-state index contributed by atoms with van der Waals surface area (Å²) in [5.74, 6) is 0.414. The van der Waals surface area contributed by atoms with Crippen LogP contribution in [0.1, 0.15) is 17.4 Å². The Hall–Kier alpha value is -3.28. The standard InChI is InChI=1S/C19H18N2O4/c1-3-25-16-8-4-13(5-9-16)18-12-17(19(22)23)20-21(18)14-6-10-15(24-2)11-7-14/h4-12H,3H2,1-2H3,(H,22,23). The number of aromatic nitrogens is 2. The second-order valence-electron chi connectivity index (χ2n) is 5.29. The first kappa shape index (κ1) is 16.6. The maximum atomic E-state index is 11.4. The summed E-state index contributed by atoms with van der Waals surface area (Å²) in [4.78, 5) is 11.4. The molecule has 0 spiro atoms. The minimum Gasteiger partial charge on any atom is -0.497 e. The molecule has 0 atom stereocenters. The molecule has 128 valence electrons. The van der Waals surface area contributed by atoms with Gasteiger partial charge in [-0.15, -0.1) is 0 Å². The van der Waals surface area contributed by atoms with Crippen LogP contribution in [0.4, 0.5) is 0 Å². The second-order valence-corrected chi connectivity index (χ2v) is 5.29. The highest BCUT2D eigenvalue weighted by Crippen LogP contribution is 2.27. The van der Waals surface area contributed by atoms with Gasteiger partial charge in [0.15, 0.2) is 5.69 Å². The molecule has 25 heavy (non-hydrogen) atoms. The van der Waals surface area contributed by atoms with Gasteiger partial charge in [0.2, 0.25) is 0 Å². The number of benzene rings is 2. The molecule has 0 saturated heterocycles. The van der Waals surface area contributed by atoms with Crippen molar-refractivity contribution in [1.29, 1.82) is 0 Å². The van der Waals surface area contributed by atoms with E-state index in [4.69, 9.17) is 9.47 Å². The lowest BCUT2D eigenvalue weighted by Gasteiger charge is -2.09. The van der Waals surface area contributed by atoms with Gasteiger partial charge in [-0.1, -0.05) is 0 Å². The van der Waals surface area contributed by atoms with Crippen molar-refractivity contribution in [2.24, 2.45) is 0 Å². The third-order valence-electron chi connectivity index (χ3n) is 3.71. The fraction of sp³-hybridized carbons (Fsp3) is 0.158. The Morgan fingerprint density at radius 3 is 2.28 bits per heavy atom. The van der Waals surface area contributed by atoms with Crippen LogP contribution in [-0.2, 0) is 0 Å². The van der Waals surface area contributed by atoms with Gasteiger partial charge in [-0.3, -0.25) is 0 Å². The molecule has 0 bridgehead atoms. The van der Waals surface area contributed by atoms with E-state index in [0.717, 1.165) is 22.7 Å². The predicted molar refractivity (Wildman–Crippen MR) is 93.7 cm³/mol. The lowest BCUT2D eigenvalue weighted by atomic mass is 10.1. The van der Waals surface area contributed by atoms with E-state index >= 15 is 0 Å². The highest BCUT2D eigenvalue weighted by atomic mass is 16.5. The molecule has 0 fully saturated rings. The van der Waals surface area contributed by atoms with Crippen LogP contribution in [0.3, 0.4) is 0 Å². The summed E-state index contributed by atoms with van der Waals surface area (Å²) in [7, 11) is 1.59. The molecule has 0 amide bonds. The van der Waals surface area contributed by atoms with E-state index in [1.165, 1.54) is 0 Å². The van der Waals surface area contributed by atoms with Crippen LogP contribution in [0.5, 0.6) is 11.5 Å². The number of carboxylic acid groups (broad SMARTS) is 1. The summed E-state index contributed by atoms with van der Waals surface area (Å²) in [5, 5.41) is 13.5. The van der Waals surface area contributed by atoms with Crippen molar-refractivity contribution in [3.63, 3.8) is 0 Å². The van der Waals surface area contributed by atoms with E-state index in [1.54, 1.807) is 30.0 Å². The Balaban J connectivity index is 2.06. The summed E-state index contributed by atoms with van der Waals surface area (Å²) >= 11 is 0. The summed E-state index contributed by atoms with van der Waals surface area (Å²) < 4.78 is 12.2. The molecule has 0 saturated carbocycles. The number of carbonyl (C=O) groups is 1. The number of aromatic carboxylic acids is 1. The SMILES string of the molecule is CCOc1ccc(-c2cc(C(=O)O)nn2-c2ccc(OC)cc2)cc1. The first-order valence-electron chi connectivity index (χ1n) is 7.83. The molecule has 2 aromatic carbocycles. The van der Waals surface area contributed by atoms with Crippen LogP contribution < -0.4 is 9.47 Å². The lowest BCUT2D eigenvalue weighted by Crippen LogP contribution is -2.02. The Morgan fingerprint density at radius 2 is 1.72 bits per heavy atom. The van der Waals surface area contributed by atoms with E-state index in [9.17, 15) is 9.90 Å². The first-order valence-corrected chi connectivity index (χ1v) is 7.83. The summed E-state index contributed by atoms with van der Waals surface area (Å²) in [6.45, 7) is 2.51. The van der Waals surface area contributed by atoms with Gasteiger partial charge < -0.3 is 14.6 Å². The van der Waals surface area contributed by atoms with Crippen molar-refractivity contribution in [2.75, 3.05) is 13.7 Å². The Morgan fingerprint density at radius 1 is 1.08 bits per heavy atom. The zero-order chi connectivity index (χ0) is 17.8. The first-order chi connectivity index (χ1) is 12.1. The second kappa shape index (κ2) is 7.09. The fourth-order valence-corrected chi connectivity index (χ4v) is 2.50. The lowest BCUT2D eigenvalue weighted by molar-refractivity contribution is 0.0690. The molecule has 6 nitrogen and oxygen atoms in total. The highest BCUT2D eigenvalue weighted by Gasteiger charge is 2.16. The van der Waals surface area contributed by atoms with Crippen LogP contribution in [0.25, 0.3) is 16.9 Å². The number of methoxy groups -OCH3 is 1. The average Bonchev–Trinajstić information content (AvgIpc) is 3.08. The molecular weight excluding hydrogens is 320 g/mol. The van der Waals surface area contributed by atoms with Crippen LogP contribution >= 0.6 is 0 Å². The van der Waals surface area contributed by atoms with Crippen LogP contribution in [0, 0.1) is 0 Å². The van der Waals surface area contributed by atoms with Crippen molar-refractivity contribution in [3.8, 4) is 28.4 Å². The van der Waals surface area contributed by atoms with Gasteiger partial charge in [0.1, 0.15) is 11.5 Å². The topological polar surface area (TPSA) is 73.6 Å². The smallest absolute Gasteiger partial charge is 0.356 e. The predicted octanol–water partition coefficient (Wildman–Crippen LogP) is 3.64. The molecule has 1 aromatic heterocycles. The van der Waals surface area contributed by atoms with Crippen LogP contribution in [0.2, 0.25) is 0 Å². The van der Waals surface area contributed by atoms with Crippen molar-refractivity contribution in [1.82, 2.24) is 9.78 Å². The average molecular weight is 338 g/mol. The quantitative estimate of drug-likeness (QED) is 0.743. The molecule has 0 aliphatic carbocycles. The van der Waals surface area contributed by atoms with E-state index in [1.807, 2.05) is 43.3 Å². The van der Waals surface area contributed by atoms with Gasteiger partial charge in [0.05, 0.1) is 25.1 Å². The molecule has 6 heteroatoms. The van der Waals surface area contributed by atoms with Crippen molar-refractivity contribution < 1.29 is 19.4 Å². The van der Waals surface area contributed by atoms with Crippen LogP contribution in [0.15, 0.2) is 54.6 Å². The highest BCUT2D eigenvalue weighted by molar-refractivity contribution is 5.87. The third-order valence-corrected chi connectivity index (χ3v) is 3.71. The van der Waals surface area contributed by atoms with Crippen molar-refractivity contribution in [3.05, 3.63) is 60.3 Å². The number of nitrogens with zero attached hydrogens (tertiary/aromatic N) is 2. The number of hydrogen-bond donors (Lipinski definition) is 1. The molecule has 1 N–H and O–H groups in total. The van der Waals surface area contributed by atoms with Gasteiger partial charge in [0, 0.05) is 5.56 Å². The largest absolute Gasteiger partial charge is 0.497 e. The molecule has 0 aliphatic rings. The summed E-state index contributed by atoms with van der Waals surface area (Å²) in [6, 6.07) is 16.3. The molecule has 0 aliphatic heterocycles. The summed E-state index contributed by atoms with van der Waals surface area (Å²) in [5.41, 5.74) is 2.27. The van der Waals surface area contributed by atoms with E-state index in [-0.39, 0.29) is 5.69 Å². The monoisotopic (exact) mass is 338 g/mol. The zero-order valence-electron chi connectivity index (χ0n) is 14.0. The Labute approximate surface area is 145 Å². The molecular formula is C19H18N2O4. The number of carboxylic acids is 1. The van der Waals surface area contributed by atoms with Gasteiger partial charge in [-0.25, -0.2) is 9.48 Å². The summed E-state index contributed by atoms with van der Waals surface area (Å²) in [6.07, 6.45) is 0. The van der Waals surface area contributed by atoms with Crippen LogP contribution in [-0.4, -0.2) is 34.6 Å². The molecule has 0 unspecified atom stereocenters. The maximum Gasteiger partial charge on any atom is 0.356 e. The molecule has 3 rings (SSSR count). The third kappa shape index (κ3) is 3.47. The molecule has 3 aromatic rings. The van der Waals surface area contributed by atoms with Gasteiger partial charge >= 0.3 is 5.97 Å². The molecule has 0 radical (unpaired) electrons. The Kier molecular flexibility index (Phi) is 4.70. The van der Waals surface area contributed by atoms with Gasteiger partial charge in [-0.2, -0.15) is 5.10 Å². The van der Waals surface area contributed by atoms with Crippen molar-refractivity contribution >= 4 is 5.97 Å². The van der Waals surface area contributed by atoms with E-state index < -0.39 is 5.97 Å². The van der Waals surface area contributed by atoms with E-state index in [2.05, 4.69) is 5.10 Å². The normalized spacial score (nSPS) is 10.5. The van der Waals surface area contributed by atoms with Gasteiger partial charge in [0.25, 0.3) is 0 Å². The number of rotatable bonds is 6. The molecule has 1 heterocycles. The number of ether oxygens (including phenoxy) is 2. The minimum atomic E-state index is -1.07. The maximum absolute atomic E-state index is 11.4.